The van der Waals surface area contributed by atoms with Gasteiger partial charge < -0.3 is 33.6 Å². The normalized spacial score (nSPS) is 11.4. The molecule has 10 heteroatoms. The van der Waals surface area contributed by atoms with Gasteiger partial charge in [-0.05, 0) is 69.3 Å². The lowest BCUT2D eigenvalue weighted by molar-refractivity contribution is -0.118. The van der Waals surface area contributed by atoms with Crippen LogP contribution in [0.4, 0.5) is 5.69 Å². The number of rotatable bonds is 13. The Balaban J connectivity index is 1.58. The van der Waals surface area contributed by atoms with Crippen molar-refractivity contribution in [1.82, 2.24) is 4.57 Å². The summed E-state index contributed by atoms with van der Waals surface area (Å²) in [6, 6.07) is 13.1. The first-order chi connectivity index (χ1) is 18.7. The van der Waals surface area contributed by atoms with Gasteiger partial charge in [0, 0.05) is 29.7 Å². The second kappa shape index (κ2) is 13.5. The molecule has 1 unspecified atom stereocenters. The number of ether oxygens (including phenoxy) is 5. The van der Waals surface area contributed by atoms with Crippen molar-refractivity contribution in [2.75, 3.05) is 46.5 Å². The molecule has 1 heterocycles. The predicted octanol–water partition coefficient (Wildman–Crippen LogP) is 4.39. The third-order valence-electron chi connectivity index (χ3n) is 6.10. The molecule has 0 fully saturated rings. The van der Waals surface area contributed by atoms with Gasteiger partial charge in [-0.2, -0.15) is 0 Å². The van der Waals surface area contributed by atoms with E-state index in [0.717, 1.165) is 11.4 Å². The van der Waals surface area contributed by atoms with Gasteiger partial charge in [0.05, 0.1) is 32.4 Å². The number of anilines is 1. The molecule has 1 amide bonds. The smallest absolute Gasteiger partial charge is 0.338 e. The Morgan fingerprint density at radius 1 is 0.897 bits per heavy atom. The number of aromatic nitrogens is 1. The molecule has 10 nitrogen and oxygen atoms in total. The van der Waals surface area contributed by atoms with Crippen molar-refractivity contribution in [3.63, 3.8) is 0 Å². The van der Waals surface area contributed by atoms with E-state index in [4.69, 9.17) is 23.7 Å². The molecule has 0 radical (unpaired) electrons. The van der Waals surface area contributed by atoms with E-state index in [1.54, 1.807) is 44.6 Å². The van der Waals surface area contributed by atoms with Crippen LogP contribution in [0.5, 0.6) is 17.2 Å². The van der Waals surface area contributed by atoms with Crippen LogP contribution in [0.3, 0.4) is 0 Å². The van der Waals surface area contributed by atoms with Crippen LogP contribution in [-0.4, -0.2) is 63.4 Å². The van der Waals surface area contributed by atoms with E-state index in [9.17, 15) is 14.4 Å². The molecule has 0 aliphatic carbocycles. The molecule has 0 aliphatic heterocycles. The summed E-state index contributed by atoms with van der Waals surface area (Å²) in [5.41, 5.74) is 2.98. The lowest BCUT2D eigenvalue weighted by atomic mass is 10.1. The highest BCUT2D eigenvalue weighted by Crippen LogP contribution is 2.29. The van der Waals surface area contributed by atoms with Gasteiger partial charge in [0.2, 0.25) is 5.78 Å². The summed E-state index contributed by atoms with van der Waals surface area (Å²) in [5, 5.41) is 2.72. The number of carbonyl (C=O) groups excluding carboxylic acids is 3. The number of nitrogens with zero attached hydrogens (tertiary/aromatic N) is 1. The minimum absolute atomic E-state index is 0.0563. The number of carbonyl (C=O) groups is 3. The van der Waals surface area contributed by atoms with Crippen LogP contribution in [0.25, 0.3) is 0 Å². The molecule has 0 bridgehead atoms. The molecule has 0 saturated carbocycles. The summed E-state index contributed by atoms with van der Waals surface area (Å²) in [6.07, 6.45) is 0. The first-order valence-electron chi connectivity index (χ1n) is 12.3. The molecule has 39 heavy (non-hydrogen) atoms. The third-order valence-corrected chi connectivity index (χ3v) is 6.10. The fourth-order valence-electron chi connectivity index (χ4n) is 4.27. The monoisotopic (exact) mass is 538 g/mol. The zero-order chi connectivity index (χ0) is 28.5. The van der Waals surface area contributed by atoms with Crippen molar-refractivity contribution in [1.29, 1.82) is 0 Å². The topological polar surface area (TPSA) is 114 Å². The lowest BCUT2D eigenvalue weighted by Gasteiger charge is -2.17. The summed E-state index contributed by atoms with van der Waals surface area (Å²) >= 11 is 0. The van der Waals surface area contributed by atoms with Gasteiger partial charge in [-0.15, -0.1) is 0 Å². The number of amides is 1. The standard InChI is InChI=1S/C29H34N2O8/c1-18-13-24(20(3)31(18)19(2)15-35-4)25(32)16-39-29(34)21-7-12-26(27(14-21)37-6)38-17-28(33)30-22-8-10-23(36-5)11-9-22/h7-14,19H,15-17H2,1-6H3,(H,30,33). The van der Waals surface area contributed by atoms with Crippen LogP contribution in [0.1, 0.15) is 45.1 Å². The highest BCUT2D eigenvalue weighted by molar-refractivity contribution is 6.00. The molecule has 0 spiro atoms. The van der Waals surface area contributed by atoms with Crippen molar-refractivity contribution in [3.8, 4) is 17.2 Å². The molecule has 2 aromatic carbocycles. The first kappa shape index (κ1) is 29.2. The lowest BCUT2D eigenvalue weighted by Crippen LogP contribution is -2.20. The van der Waals surface area contributed by atoms with E-state index in [1.807, 2.05) is 25.3 Å². The molecule has 1 aromatic heterocycles. The largest absolute Gasteiger partial charge is 0.497 e. The number of Topliss-reactive ketones (excluding diaryl/α,β-unsaturated/α-hetero) is 1. The van der Waals surface area contributed by atoms with Crippen molar-refractivity contribution >= 4 is 23.3 Å². The maximum absolute atomic E-state index is 12.8. The fraction of sp³-hybridized carbons (Fsp3) is 0.345. The van der Waals surface area contributed by atoms with E-state index in [-0.39, 0.29) is 41.4 Å². The summed E-state index contributed by atoms with van der Waals surface area (Å²) < 4.78 is 28.5. The Kier molecular flexibility index (Phi) is 10.1. The van der Waals surface area contributed by atoms with Gasteiger partial charge in [-0.3, -0.25) is 9.59 Å². The second-order valence-electron chi connectivity index (χ2n) is 8.89. The summed E-state index contributed by atoms with van der Waals surface area (Å²) in [5.74, 6) is -0.181. The summed E-state index contributed by atoms with van der Waals surface area (Å²) in [4.78, 5) is 37.8. The minimum atomic E-state index is -0.688. The average molecular weight is 539 g/mol. The van der Waals surface area contributed by atoms with Crippen molar-refractivity contribution < 1.29 is 38.1 Å². The quantitative estimate of drug-likeness (QED) is 0.252. The van der Waals surface area contributed by atoms with Crippen LogP contribution < -0.4 is 19.5 Å². The van der Waals surface area contributed by atoms with Crippen molar-refractivity contribution in [2.24, 2.45) is 0 Å². The highest BCUT2D eigenvalue weighted by atomic mass is 16.5. The molecule has 3 rings (SSSR count). The van der Waals surface area contributed by atoms with Gasteiger partial charge in [0.25, 0.3) is 5.91 Å². The van der Waals surface area contributed by atoms with E-state index < -0.39 is 12.6 Å². The molecular formula is C29H34N2O8. The molecule has 1 atom stereocenters. The number of ketones is 1. The number of aryl methyl sites for hydroxylation is 1. The SMILES string of the molecule is COCC(C)n1c(C)cc(C(=O)COC(=O)c2ccc(OCC(=O)Nc3ccc(OC)cc3)c(OC)c2)c1C. The van der Waals surface area contributed by atoms with Crippen LogP contribution in [-0.2, 0) is 14.3 Å². The Bertz CT molecular complexity index is 1310. The predicted molar refractivity (Wildman–Crippen MR) is 145 cm³/mol. The Morgan fingerprint density at radius 2 is 1.62 bits per heavy atom. The zero-order valence-electron chi connectivity index (χ0n) is 23.0. The Hall–Kier alpha value is -4.31. The molecule has 0 aliphatic rings. The maximum atomic E-state index is 12.8. The van der Waals surface area contributed by atoms with Crippen LogP contribution in [0.15, 0.2) is 48.5 Å². The van der Waals surface area contributed by atoms with Gasteiger partial charge in [-0.25, -0.2) is 4.79 Å². The molecule has 0 saturated heterocycles. The number of hydrogen-bond acceptors (Lipinski definition) is 8. The number of esters is 1. The van der Waals surface area contributed by atoms with E-state index >= 15 is 0 Å². The van der Waals surface area contributed by atoms with Crippen molar-refractivity contribution in [3.05, 3.63) is 71.0 Å². The van der Waals surface area contributed by atoms with Gasteiger partial charge in [0.1, 0.15) is 5.75 Å². The minimum Gasteiger partial charge on any atom is -0.497 e. The molecule has 1 N–H and O–H groups in total. The van der Waals surface area contributed by atoms with Gasteiger partial charge >= 0.3 is 5.97 Å². The van der Waals surface area contributed by atoms with Gasteiger partial charge in [-0.1, -0.05) is 0 Å². The summed E-state index contributed by atoms with van der Waals surface area (Å²) in [6.45, 7) is 5.60. The second-order valence-corrected chi connectivity index (χ2v) is 8.89. The maximum Gasteiger partial charge on any atom is 0.338 e. The molecular weight excluding hydrogens is 504 g/mol. The Morgan fingerprint density at radius 3 is 2.26 bits per heavy atom. The van der Waals surface area contributed by atoms with Crippen LogP contribution >= 0.6 is 0 Å². The third kappa shape index (κ3) is 7.38. The summed E-state index contributed by atoms with van der Waals surface area (Å²) in [7, 11) is 4.61. The number of hydrogen-bond donors (Lipinski definition) is 1. The average Bonchev–Trinajstić information content (AvgIpc) is 3.24. The van der Waals surface area contributed by atoms with Crippen LogP contribution in [0.2, 0.25) is 0 Å². The van der Waals surface area contributed by atoms with E-state index in [0.29, 0.717) is 23.6 Å². The highest BCUT2D eigenvalue weighted by Gasteiger charge is 2.21. The number of benzene rings is 2. The molecule has 3 aromatic rings. The van der Waals surface area contributed by atoms with Crippen molar-refractivity contribution in [2.45, 2.75) is 26.8 Å². The van der Waals surface area contributed by atoms with Crippen LogP contribution in [0, 0.1) is 13.8 Å². The zero-order valence-corrected chi connectivity index (χ0v) is 23.0. The fourth-order valence-corrected chi connectivity index (χ4v) is 4.27. The van der Waals surface area contributed by atoms with E-state index in [1.165, 1.54) is 25.3 Å². The first-order valence-corrected chi connectivity index (χ1v) is 12.3. The number of methoxy groups -OCH3 is 3. The number of nitrogens with one attached hydrogen (secondary N) is 1. The molecule has 208 valence electrons. The van der Waals surface area contributed by atoms with Gasteiger partial charge in [0.15, 0.2) is 24.7 Å². The van der Waals surface area contributed by atoms with E-state index in [2.05, 4.69) is 5.32 Å². The Labute approximate surface area is 227 Å².